The Balaban J connectivity index is 2.01. The van der Waals surface area contributed by atoms with Crippen molar-refractivity contribution in [1.82, 2.24) is 0 Å². The van der Waals surface area contributed by atoms with Crippen LogP contribution in [0.2, 0.25) is 0 Å². The molecule has 0 aromatic rings. The van der Waals surface area contributed by atoms with Gasteiger partial charge >= 0.3 is 0 Å². The minimum atomic E-state index is -1.60. The molecule has 5 rings (SSSR count). The SMILES string of the molecule is COC1(OC)[C@@]2(Cl)[C@@H]3C(=O)[C@H]4[C@@]2(Cl)[C@@]2(Cl)[C@@]4(C)C(=O)[C@@H]3[C@]12Cl. The van der Waals surface area contributed by atoms with E-state index in [-0.39, 0.29) is 11.6 Å². The van der Waals surface area contributed by atoms with Gasteiger partial charge in [-0.25, -0.2) is 0 Å². The van der Waals surface area contributed by atoms with Crippen molar-refractivity contribution in [2.75, 3.05) is 14.2 Å². The number of carbonyl (C=O) groups excluding carboxylic acids is 2. The van der Waals surface area contributed by atoms with Crippen LogP contribution >= 0.6 is 46.4 Å². The molecule has 5 aliphatic rings. The fourth-order valence-corrected chi connectivity index (χ4v) is 10.3. The summed E-state index contributed by atoms with van der Waals surface area (Å²) >= 11 is 27.8. The highest BCUT2D eigenvalue weighted by molar-refractivity contribution is 6.57. The number of rotatable bonds is 2. The predicted molar refractivity (Wildman–Crippen MR) is 79.7 cm³/mol. The first kappa shape index (κ1) is 14.7. The van der Waals surface area contributed by atoms with E-state index in [0.717, 1.165) is 0 Å². The van der Waals surface area contributed by atoms with Gasteiger partial charge in [-0.15, -0.1) is 46.4 Å². The van der Waals surface area contributed by atoms with Crippen LogP contribution in [-0.2, 0) is 19.1 Å². The lowest BCUT2D eigenvalue weighted by Crippen LogP contribution is -2.78. The van der Waals surface area contributed by atoms with Crippen molar-refractivity contribution >= 4 is 58.0 Å². The summed E-state index contributed by atoms with van der Waals surface area (Å²) in [5.74, 6) is -4.32. The largest absolute Gasteiger partial charge is 0.350 e. The monoisotopic (exact) mass is 384 g/mol. The molecule has 4 nitrogen and oxygen atoms in total. The van der Waals surface area contributed by atoms with Crippen molar-refractivity contribution in [3.63, 3.8) is 0 Å². The van der Waals surface area contributed by atoms with Crippen LogP contribution in [0.3, 0.4) is 0 Å². The Morgan fingerprint density at radius 1 is 0.909 bits per heavy atom. The fourth-order valence-electron chi connectivity index (χ4n) is 6.90. The Labute approximate surface area is 146 Å². The molecule has 0 aromatic carbocycles. The lowest BCUT2D eigenvalue weighted by Gasteiger charge is -2.63. The van der Waals surface area contributed by atoms with Crippen LogP contribution in [-0.4, -0.2) is 51.1 Å². The molecule has 120 valence electrons. The van der Waals surface area contributed by atoms with E-state index in [1.807, 2.05) is 0 Å². The Kier molecular flexibility index (Phi) is 2.10. The van der Waals surface area contributed by atoms with Crippen molar-refractivity contribution in [2.45, 2.75) is 32.2 Å². The third-order valence-corrected chi connectivity index (χ3v) is 11.0. The van der Waals surface area contributed by atoms with Crippen LogP contribution < -0.4 is 0 Å². The first-order valence-electron chi connectivity index (χ1n) is 6.99. The summed E-state index contributed by atoms with van der Waals surface area (Å²) in [5, 5.41) is 0. The summed E-state index contributed by atoms with van der Waals surface area (Å²) in [6.45, 7) is 1.67. The van der Waals surface area contributed by atoms with Gasteiger partial charge in [-0.3, -0.25) is 9.59 Å². The zero-order valence-electron chi connectivity index (χ0n) is 11.9. The topological polar surface area (TPSA) is 52.6 Å². The third-order valence-electron chi connectivity index (χ3n) is 7.33. The molecule has 5 saturated carbocycles. The van der Waals surface area contributed by atoms with E-state index in [9.17, 15) is 9.59 Å². The third kappa shape index (κ3) is 0.680. The second-order valence-corrected chi connectivity index (χ2v) is 9.53. The average Bonchev–Trinajstić information content (AvgIpc) is 2.77. The van der Waals surface area contributed by atoms with Gasteiger partial charge in [-0.05, 0) is 0 Å². The molecule has 8 heteroatoms. The Hall–Kier alpha value is 0.420. The molecule has 0 radical (unpaired) electrons. The van der Waals surface area contributed by atoms with Crippen molar-refractivity contribution in [2.24, 2.45) is 23.2 Å². The molecule has 0 aromatic heterocycles. The Morgan fingerprint density at radius 2 is 1.45 bits per heavy atom. The van der Waals surface area contributed by atoms with Crippen LogP contribution in [0, 0.1) is 23.2 Å². The smallest absolute Gasteiger partial charge is 0.211 e. The van der Waals surface area contributed by atoms with Crippen molar-refractivity contribution in [3.8, 4) is 0 Å². The number of Topliss-reactive ketones (excluding diaryl/α,β-unsaturated/α-hetero) is 2. The van der Waals surface area contributed by atoms with E-state index in [2.05, 4.69) is 0 Å². The number of carbonyl (C=O) groups is 2. The van der Waals surface area contributed by atoms with Gasteiger partial charge in [-0.1, -0.05) is 6.92 Å². The second kappa shape index (κ2) is 3.13. The highest BCUT2D eigenvalue weighted by Crippen LogP contribution is 2.98. The molecular weight excluding hydrogens is 374 g/mol. The first-order chi connectivity index (χ1) is 10.1. The van der Waals surface area contributed by atoms with Crippen LogP contribution in [0.15, 0.2) is 0 Å². The van der Waals surface area contributed by atoms with Gasteiger partial charge < -0.3 is 9.47 Å². The van der Waals surface area contributed by atoms with E-state index >= 15 is 0 Å². The van der Waals surface area contributed by atoms with Crippen LogP contribution in [0.4, 0.5) is 0 Å². The van der Waals surface area contributed by atoms with Crippen molar-refractivity contribution in [3.05, 3.63) is 0 Å². The summed E-state index contributed by atoms with van der Waals surface area (Å²) in [5.41, 5.74) is -1.13. The number of fused-ring (bicyclic) bond motifs is 2. The minimum absolute atomic E-state index is 0.146. The maximum absolute atomic E-state index is 13.0. The molecule has 0 aliphatic heterocycles. The number of methoxy groups -OCH3 is 2. The Bertz CT molecular complexity index is 709. The van der Waals surface area contributed by atoms with Gasteiger partial charge in [0.2, 0.25) is 5.79 Å². The molecule has 0 amide bonds. The van der Waals surface area contributed by atoms with Crippen LogP contribution in [0.5, 0.6) is 0 Å². The highest BCUT2D eigenvalue weighted by Gasteiger charge is 3.15. The molecule has 5 fully saturated rings. The standard InChI is InChI=1S/C14H12Cl4O4/c1-9-7-6(19)4-5(8(9)20)11(16)13(9,18)12(7,17)10(4,15)14(11,21-2)22-3/h4-5,7H,1-3H3/t4-,5+,7+,9+,10+,11+,12-,13+/m0/s1. The van der Waals surface area contributed by atoms with Gasteiger partial charge in [0.25, 0.3) is 0 Å². The molecule has 0 heterocycles. The number of halogens is 4. The van der Waals surface area contributed by atoms with Crippen LogP contribution in [0.1, 0.15) is 6.92 Å². The molecule has 0 saturated heterocycles. The Morgan fingerprint density at radius 3 is 1.95 bits per heavy atom. The number of hydrogen-bond donors (Lipinski definition) is 0. The second-order valence-electron chi connectivity index (χ2n) is 7.18. The van der Waals surface area contributed by atoms with E-state index in [1.165, 1.54) is 14.2 Å². The lowest BCUT2D eigenvalue weighted by molar-refractivity contribution is -0.224. The summed E-state index contributed by atoms with van der Waals surface area (Å²) < 4.78 is 11.3. The van der Waals surface area contributed by atoms with E-state index < -0.39 is 48.5 Å². The zero-order chi connectivity index (χ0) is 16.3. The molecule has 0 unspecified atom stereocenters. The van der Waals surface area contributed by atoms with Crippen LogP contribution in [0.25, 0.3) is 0 Å². The molecule has 2 bridgehead atoms. The van der Waals surface area contributed by atoms with Gasteiger partial charge in [0.15, 0.2) is 0 Å². The molecule has 0 N–H and O–H groups in total. The van der Waals surface area contributed by atoms with Gasteiger partial charge in [0.05, 0.1) is 23.2 Å². The van der Waals surface area contributed by atoms with E-state index in [0.29, 0.717) is 0 Å². The minimum Gasteiger partial charge on any atom is -0.350 e. The lowest BCUT2D eigenvalue weighted by atomic mass is 9.48. The van der Waals surface area contributed by atoms with Gasteiger partial charge in [0, 0.05) is 14.2 Å². The quantitative estimate of drug-likeness (QED) is 0.538. The molecular formula is C14H12Cl4O4. The average molecular weight is 386 g/mol. The summed E-state index contributed by atoms with van der Waals surface area (Å²) in [6.07, 6.45) is 0. The zero-order valence-corrected chi connectivity index (χ0v) is 14.9. The number of hydrogen-bond acceptors (Lipinski definition) is 4. The molecule has 22 heavy (non-hydrogen) atoms. The maximum atomic E-state index is 13.0. The normalized spacial score (nSPS) is 68.2. The molecule has 5 aliphatic carbocycles. The van der Waals surface area contributed by atoms with E-state index in [1.54, 1.807) is 6.92 Å². The molecule has 0 spiro atoms. The number of alkyl halides is 4. The predicted octanol–water partition coefficient (Wildman–Crippen LogP) is 1.95. The highest BCUT2D eigenvalue weighted by atomic mass is 35.5. The number of ketones is 2. The van der Waals surface area contributed by atoms with Gasteiger partial charge in [0.1, 0.15) is 31.1 Å². The first-order valence-corrected chi connectivity index (χ1v) is 8.50. The summed E-state index contributed by atoms with van der Waals surface area (Å²) in [7, 11) is 2.78. The summed E-state index contributed by atoms with van der Waals surface area (Å²) in [4.78, 5) is 20.3. The van der Waals surface area contributed by atoms with E-state index in [4.69, 9.17) is 55.9 Å². The van der Waals surface area contributed by atoms with Crippen molar-refractivity contribution < 1.29 is 19.1 Å². The number of ether oxygens (including phenoxy) is 2. The maximum Gasteiger partial charge on any atom is 0.211 e. The van der Waals surface area contributed by atoms with Gasteiger partial charge in [-0.2, -0.15) is 0 Å². The van der Waals surface area contributed by atoms with Crippen molar-refractivity contribution in [1.29, 1.82) is 0 Å². The fraction of sp³-hybridized carbons (Fsp3) is 0.857. The summed E-state index contributed by atoms with van der Waals surface area (Å²) in [6, 6.07) is 0. The molecule has 8 atom stereocenters.